The van der Waals surface area contributed by atoms with Gasteiger partial charge in [0.05, 0.1) is 12.8 Å². The number of hydrogen-bond donors (Lipinski definition) is 2. The molecule has 0 aliphatic carbocycles. The normalized spacial score (nSPS) is 10.7. The van der Waals surface area contributed by atoms with E-state index in [0.29, 0.717) is 12.3 Å². The van der Waals surface area contributed by atoms with E-state index in [9.17, 15) is 4.39 Å². The Morgan fingerprint density at radius 1 is 1.15 bits per heavy atom. The first-order valence-electron chi connectivity index (χ1n) is 6.40. The van der Waals surface area contributed by atoms with Crippen molar-refractivity contribution in [1.82, 2.24) is 4.98 Å². The molecule has 102 valence electrons. The number of aromatic nitrogens is 1. The predicted octanol–water partition coefficient (Wildman–Crippen LogP) is 3.93. The number of halogens is 1. The minimum atomic E-state index is -0.304. The van der Waals surface area contributed by atoms with Crippen molar-refractivity contribution in [2.75, 3.05) is 12.4 Å². The van der Waals surface area contributed by atoms with Crippen LogP contribution in [0.2, 0.25) is 0 Å². The van der Waals surface area contributed by atoms with Gasteiger partial charge in [-0.2, -0.15) is 0 Å². The second kappa shape index (κ2) is 5.25. The van der Waals surface area contributed by atoms with Gasteiger partial charge in [0.2, 0.25) is 0 Å². The molecule has 0 amide bonds. The number of H-pyrrole nitrogens is 1. The fourth-order valence-corrected chi connectivity index (χ4v) is 2.22. The summed E-state index contributed by atoms with van der Waals surface area (Å²) in [7, 11) is 1.53. The van der Waals surface area contributed by atoms with Crippen LogP contribution in [0.5, 0.6) is 5.75 Å². The Labute approximate surface area is 116 Å². The van der Waals surface area contributed by atoms with E-state index < -0.39 is 0 Å². The molecule has 1 aromatic heterocycles. The minimum Gasteiger partial charge on any atom is -0.494 e. The van der Waals surface area contributed by atoms with Gasteiger partial charge in [-0.15, -0.1) is 0 Å². The van der Waals surface area contributed by atoms with Crippen LogP contribution in [0.4, 0.5) is 10.1 Å². The Kier molecular flexibility index (Phi) is 3.29. The second-order valence-corrected chi connectivity index (χ2v) is 4.60. The molecule has 0 unspecified atom stereocenters. The predicted molar refractivity (Wildman–Crippen MR) is 78.6 cm³/mol. The monoisotopic (exact) mass is 270 g/mol. The van der Waals surface area contributed by atoms with Crippen LogP contribution in [0.3, 0.4) is 0 Å². The van der Waals surface area contributed by atoms with Crippen LogP contribution < -0.4 is 10.1 Å². The number of benzene rings is 2. The highest BCUT2D eigenvalue weighted by Crippen LogP contribution is 2.25. The molecule has 1 heterocycles. The molecule has 0 bridgehead atoms. The van der Waals surface area contributed by atoms with E-state index in [4.69, 9.17) is 4.74 Å². The van der Waals surface area contributed by atoms with Crippen LogP contribution in [-0.4, -0.2) is 12.1 Å². The number of methoxy groups -OCH3 is 1. The highest BCUT2D eigenvalue weighted by molar-refractivity contribution is 5.80. The van der Waals surface area contributed by atoms with Gasteiger partial charge in [0, 0.05) is 24.3 Å². The SMILES string of the molecule is COc1cc(F)ccc1NCc1ccc2[nH]ccc2c1. The van der Waals surface area contributed by atoms with Crippen LogP contribution in [0.15, 0.2) is 48.7 Å². The highest BCUT2D eigenvalue weighted by Gasteiger charge is 2.04. The lowest BCUT2D eigenvalue weighted by Crippen LogP contribution is -2.01. The zero-order valence-corrected chi connectivity index (χ0v) is 11.1. The van der Waals surface area contributed by atoms with Crippen LogP contribution in [0.1, 0.15) is 5.56 Å². The van der Waals surface area contributed by atoms with Gasteiger partial charge in [0.25, 0.3) is 0 Å². The average Bonchev–Trinajstić information content (AvgIpc) is 2.93. The molecule has 2 N–H and O–H groups in total. The van der Waals surface area contributed by atoms with E-state index in [-0.39, 0.29) is 5.82 Å². The van der Waals surface area contributed by atoms with Crippen LogP contribution in [0.25, 0.3) is 10.9 Å². The van der Waals surface area contributed by atoms with Crippen molar-refractivity contribution in [1.29, 1.82) is 0 Å². The van der Waals surface area contributed by atoms with Gasteiger partial charge >= 0.3 is 0 Å². The summed E-state index contributed by atoms with van der Waals surface area (Å²) in [5, 5.41) is 4.44. The molecule has 3 aromatic rings. The summed E-state index contributed by atoms with van der Waals surface area (Å²) < 4.78 is 18.3. The summed E-state index contributed by atoms with van der Waals surface area (Å²) >= 11 is 0. The number of rotatable bonds is 4. The van der Waals surface area contributed by atoms with Crippen molar-refractivity contribution in [2.24, 2.45) is 0 Å². The first kappa shape index (κ1) is 12.5. The first-order chi connectivity index (χ1) is 9.76. The first-order valence-corrected chi connectivity index (χ1v) is 6.40. The number of aromatic amines is 1. The van der Waals surface area contributed by atoms with Crippen molar-refractivity contribution in [3.05, 3.63) is 60.0 Å². The third-order valence-corrected chi connectivity index (χ3v) is 3.26. The molecule has 0 atom stereocenters. The van der Waals surface area contributed by atoms with E-state index in [0.717, 1.165) is 16.8 Å². The van der Waals surface area contributed by atoms with Crippen LogP contribution in [-0.2, 0) is 6.54 Å². The molecule has 2 aromatic carbocycles. The molecule has 4 heteroatoms. The maximum Gasteiger partial charge on any atom is 0.144 e. The molecule has 20 heavy (non-hydrogen) atoms. The molecule has 0 aliphatic rings. The van der Waals surface area contributed by atoms with E-state index in [1.165, 1.54) is 24.6 Å². The van der Waals surface area contributed by atoms with Gasteiger partial charge in [0.1, 0.15) is 11.6 Å². The van der Waals surface area contributed by atoms with Crippen molar-refractivity contribution >= 4 is 16.6 Å². The minimum absolute atomic E-state index is 0.304. The molecule has 3 rings (SSSR count). The molecule has 0 fully saturated rings. The zero-order chi connectivity index (χ0) is 13.9. The fourth-order valence-electron chi connectivity index (χ4n) is 2.22. The molecule has 3 nitrogen and oxygen atoms in total. The number of ether oxygens (including phenoxy) is 1. The van der Waals surface area contributed by atoms with Gasteiger partial charge in [-0.05, 0) is 41.3 Å². The maximum absolute atomic E-state index is 13.1. The summed E-state index contributed by atoms with van der Waals surface area (Å²) in [5.41, 5.74) is 3.06. The van der Waals surface area contributed by atoms with Crippen molar-refractivity contribution in [2.45, 2.75) is 6.54 Å². The molecular formula is C16H15FN2O. The second-order valence-electron chi connectivity index (χ2n) is 4.60. The molecule has 0 saturated carbocycles. The zero-order valence-electron chi connectivity index (χ0n) is 11.1. The molecule has 0 saturated heterocycles. The topological polar surface area (TPSA) is 37.0 Å². The lowest BCUT2D eigenvalue weighted by molar-refractivity contribution is 0.413. The summed E-state index contributed by atoms with van der Waals surface area (Å²) in [6, 6.07) is 12.7. The van der Waals surface area contributed by atoms with E-state index in [2.05, 4.69) is 22.4 Å². The number of anilines is 1. The fraction of sp³-hybridized carbons (Fsp3) is 0.125. The third-order valence-electron chi connectivity index (χ3n) is 3.26. The molecule has 0 spiro atoms. The van der Waals surface area contributed by atoms with Gasteiger partial charge < -0.3 is 15.0 Å². The largest absolute Gasteiger partial charge is 0.494 e. The van der Waals surface area contributed by atoms with Gasteiger partial charge in [-0.1, -0.05) is 6.07 Å². The smallest absolute Gasteiger partial charge is 0.144 e. The number of hydrogen-bond acceptors (Lipinski definition) is 2. The van der Waals surface area contributed by atoms with E-state index in [1.807, 2.05) is 18.3 Å². The molecular weight excluding hydrogens is 255 g/mol. The van der Waals surface area contributed by atoms with Crippen molar-refractivity contribution < 1.29 is 9.13 Å². The molecule has 0 aliphatic heterocycles. The lowest BCUT2D eigenvalue weighted by Gasteiger charge is -2.11. The Hall–Kier alpha value is -2.49. The Morgan fingerprint density at radius 3 is 2.90 bits per heavy atom. The summed E-state index contributed by atoms with van der Waals surface area (Å²) in [4.78, 5) is 3.16. The summed E-state index contributed by atoms with van der Waals surface area (Å²) in [6.07, 6.45) is 1.92. The Balaban J connectivity index is 1.78. The Morgan fingerprint density at radius 2 is 2.05 bits per heavy atom. The summed E-state index contributed by atoms with van der Waals surface area (Å²) in [5.74, 6) is 0.203. The maximum atomic E-state index is 13.1. The van der Waals surface area contributed by atoms with E-state index >= 15 is 0 Å². The average molecular weight is 270 g/mol. The van der Waals surface area contributed by atoms with Gasteiger partial charge in [-0.25, -0.2) is 4.39 Å². The molecule has 0 radical (unpaired) electrons. The van der Waals surface area contributed by atoms with Crippen molar-refractivity contribution in [3.8, 4) is 5.75 Å². The van der Waals surface area contributed by atoms with Gasteiger partial charge in [0.15, 0.2) is 0 Å². The number of nitrogens with one attached hydrogen (secondary N) is 2. The number of fused-ring (bicyclic) bond motifs is 1. The third kappa shape index (κ3) is 2.45. The highest BCUT2D eigenvalue weighted by atomic mass is 19.1. The van der Waals surface area contributed by atoms with Gasteiger partial charge in [-0.3, -0.25) is 0 Å². The summed E-state index contributed by atoms with van der Waals surface area (Å²) in [6.45, 7) is 0.656. The van der Waals surface area contributed by atoms with Crippen LogP contribution in [0, 0.1) is 5.82 Å². The van der Waals surface area contributed by atoms with Crippen LogP contribution >= 0.6 is 0 Å². The lowest BCUT2D eigenvalue weighted by atomic mass is 10.1. The van der Waals surface area contributed by atoms with Crippen molar-refractivity contribution in [3.63, 3.8) is 0 Å². The van der Waals surface area contributed by atoms with E-state index in [1.54, 1.807) is 6.07 Å². The standard InChI is InChI=1S/C16H15FN2O/c1-20-16-9-13(17)3-5-15(16)19-10-11-2-4-14-12(8-11)6-7-18-14/h2-9,18-19H,10H2,1H3. The Bertz CT molecular complexity index is 736. The quantitative estimate of drug-likeness (QED) is 0.753.